The Hall–Kier alpha value is -3.80. The molecule has 0 fully saturated rings. The lowest BCUT2D eigenvalue weighted by Crippen LogP contribution is -2.35. The Morgan fingerprint density at radius 1 is 1.11 bits per heavy atom. The molecule has 4 rings (SSSR count). The van der Waals surface area contributed by atoms with E-state index in [4.69, 9.17) is 4.42 Å². The monoisotopic (exact) mass is 373 g/mol. The first-order valence-corrected chi connectivity index (χ1v) is 8.87. The average Bonchev–Trinajstić information content (AvgIpc) is 2.72. The Bertz CT molecular complexity index is 1310. The maximum atomic E-state index is 12.8. The van der Waals surface area contributed by atoms with Crippen LogP contribution in [0.4, 0.5) is 5.69 Å². The number of rotatable bonds is 4. The van der Waals surface area contributed by atoms with Crippen molar-refractivity contribution < 1.29 is 13.9 Å². The molecule has 6 heteroatoms. The molecule has 2 heterocycles. The predicted octanol–water partition coefficient (Wildman–Crippen LogP) is 4.33. The van der Waals surface area contributed by atoms with Crippen molar-refractivity contribution in [3.05, 3.63) is 92.6 Å². The summed E-state index contributed by atoms with van der Waals surface area (Å²) in [5.41, 5.74) is 1.19. The van der Waals surface area contributed by atoms with Gasteiger partial charge < -0.3 is 4.42 Å². The van der Waals surface area contributed by atoms with Crippen LogP contribution < -0.4 is 10.00 Å². The second-order valence-corrected chi connectivity index (χ2v) is 6.37. The molecule has 0 unspecified atom stereocenters. The van der Waals surface area contributed by atoms with E-state index in [0.717, 1.165) is 23.0 Å². The predicted molar refractivity (Wildman–Crippen MR) is 108 cm³/mol. The second kappa shape index (κ2) is 7.08. The topological polar surface area (TPSA) is 77.2 Å². The van der Waals surface area contributed by atoms with Crippen molar-refractivity contribution >= 4 is 39.6 Å². The fraction of sp³-hybridized carbons (Fsp3) is 0.0909. The van der Waals surface area contributed by atoms with Gasteiger partial charge in [0, 0.05) is 24.3 Å². The van der Waals surface area contributed by atoms with Gasteiger partial charge in [0.05, 0.1) is 21.3 Å². The lowest BCUT2D eigenvalue weighted by atomic mass is 10.1. The molecular weight excluding hydrogens is 356 g/mol. The van der Waals surface area contributed by atoms with E-state index in [2.05, 4.69) is 17.6 Å². The maximum absolute atomic E-state index is 12.8. The average molecular weight is 373 g/mol. The summed E-state index contributed by atoms with van der Waals surface area (Å²) in [5, 5.41) is 13.4. The van der Waals surface area contributed by atoms with Crippen LogP contribution in [0.15, 0.2) is 70.2 Å². The summed E-state index contributed by atoms with van der Waals surface area (Å²) in [6.45, 7) is 2.83. The van der Waals surface area contributed by atoms with Gasteiger partial charge in [0.2, 0.25) is 5.69 Å². The molecule has 0 bridgehead atoms. The van der Waals surface area contributed by atoms with E-state index >= 15 is 0 Å². The summed E-state index contributed by atoms with van der Waals surface area (Å²) in [5.74, 6) is 0. The summed E-state index contributed by atoms with van der Waals surface area (Å²) in [7, 11) is 0. The maximum Gasteiger partial charge on any atom is 0.270 e. The third-order valence-electron chi connectivity index (χ3n) is 4.74. The number of fused-ring (bicyclic) bond motifs is 2. The lowest BCUT2D eigenvalue weighted by molar-refractivity contribution is -0.693. The molecule has 0 radical (unpaired) electrons. The zero-order valence-corrected chi connectivity index (χ0v) is 15.2. The third-order valence-corrected chi connectivity index (χ3v) is 4.74. The quantitative estimate of drug-likeness (QED) is 0.303. The number of pyridine rings is 1. The van der Waals surface area contributed by atoms with Gasteiger partial charge in [-0.15, -0.1) is 0 Å². The molecule has 0 N–H and O–H groups in total. The van der Waals surface area contributed by atoms with Crippen molar-refractivity contribution in [3.8, 4) is 0 Å². The zero-order valence-electron chi connectivity index (χ0n) is 15.2. The smallest absolute Gasteiger partial charge is 0.270 e. The number of hydrogen-bond acceptors (Lipinski definition) is 4. The Morgan fingerprint density at radius 3 is 2.71 bits per heavy atom. The number of nitro benzene ring substituents is 1. The van der Waals surface area contributed by atoms with E-state index in [1.54, 1.807) is 6.08 Å². The number of nitrogens with zero attached hydrogens (tertiary/aromatic N) is 2. The van der Waals surface area contributed by atoms with Crippen LogP contribution in [0.3, 0.4) is 0 Å². The van der Waals surface area contributed by atoms with Crippen LogP contribution in [0.2, 0.25) is 0 Å². The van der Waals surface area contributed by atoms with Gasteiger partial charge in [-0.1, -0.05) is 18.2 Å². The van der Waals surface area contributed by atoms with Crippen LogP contribution >= 0.6 is 0 Å². The summed E-state index contributed by atoms with van der Waals surface area (Å²) < 4.78 is 7.60. The molecule has 0 saturated heterocycles. The summed E-state index contributed by atoms with van der Waals surface area (Å²) in [6, 6.07) is 14.1. The highest BCUT2D eigenvalue weighted by Gasteiger charge is 2.13. The van der Waals surface area contributed by atoms with Crippen LogP contribution in [0.25, 0.3) is 33.9 Å². The molecule has 0 amide bonds. The SMILES string of the molecule is CC[n+]1ccc2ccccc2c1/C=C/c1coc2ccc([N+](=O)[O-])cc2c1=O. The Kier molecular flexibility index (Phi) is 4.45. The van der Waals surface area contributed by atoms with Gasteiger partial charge in [-0.05, 0) is 30.5 Å². The standard InChI is InChI=1S/C22H17N2O4/c1-2-23-12-11-15-5-3-4-6-18(15)20(23)9-7-16-14-28-21-10-8-17(24(26)27)13-19(21)22(16)25/h3-14H,2H2,1H3/q+1/b9-7+. The van der Waals surface area contributed by atoms with Gasteiger partial charge in [-0.25, -0.2) is 0 Å². The van der Waals surface area contributed by atoms with Gasteiger partial charge in [0.1, 0.15) is 18.4 Å². The van der Waals surface area contributed by atoms with E-state index in [1.807, 2.05) is 36.5 Å². The number of hydrogen-bond donors (Lipinski definition) is 0. The van der Waals surface area contributed by atoms with Crippen molar-refractivity contribution in [2.24, 2.45) is 0 Å². The molecule has 2 aromatic carbocycles. The summed E-state index contributed by atoms with van der Waals surface area (Å²) in [6.07, 6.45) is 6.96. The van der Waals surface area contributed by atoms with Crippen LogP contribution in [0.1, 0.15) is 18.2 Å². The molecule has 138 valence electrons. The Labute approximate surface area is 160 Å². The summed E-state index contributed by atoms with van der Waals surface area (Å²) in [4.78, 5) is 23.3. The minimum absolute atomic E-state index is 0.140. The van der Waals surface area contributed by atoms with E-state index in [-0.39, 0.29) is 16.5 Å². The molecule has 0 aliphatic heterocycles. The molecule has 0 atom stereocenters. The van der Waals surface area contributed by atoms with Gasteiger partial charge >= 0.3 is 0 Å². The molecule has 0 spiro atoms. The number of benzene rings is 2. The van der Waals surface area contributed by atoms with Crippen molar-refractivity contribution in [2.75, 3.05) is 0 Å². The Morgan fingerprint density at radius 2 is 1.93 bits per heavy atom. The minimum atomic E-state index is -0.526. The highest BCUT2D eigenvalue weighted by molar-refractivity contribution is 5.90. The minimum Gasteiger partial charge on any atom is -0.463 e. The molecule has 6 nitrogen and oxygen atoms in total. The van der Waals surface area contributed by atoms with Gasteiger partial charge in [0.25, 0.3) is 5.69 Å². The third kappa shape index (κ3) is 3.05. The first-order chi connectivity index (χ1) is 13.6. The van der Waals surface area contributed by atoms with Crippen molar-refractivity contribution in [1.29, 1.82) is 0 Å². The molecular formula is C22H17N2O4+. The summed E-state index contributed by atoms with van der Waals surface area (Å²) >= 11 is 0. The van der Waals surface area contributed by atoms with E-state index in [0.29, 0.717) is 11.1 Å². The van der Waals surface area contributed by atoms with Crippen LogP contribution in [0, 0.1) is 10.1 Å². The van der Waals surface area contributed by atoms with Crippen LogP contribution in [0.5, 0.6) is 0 Å². The van der Waals surface area contributed by atoms with Crippen LogP contribution in [-0.4, -0.2) is 4.92 Å². The van der Waals surface area contributed by atoms with Crippen LogP contribution in [-0.2, 0) is 6.54 Å². The van der Waals surface area contributed by atoms with Crippen molar-refractivity contribution in [3.63, 3.8) is 0 Å². The van der Waals surface area contributed by atoms with Gasteiger partial charge in [0.15, 0.2) is 11.6 Å². The lowest BCUT2D eigenvalue weighted by Gasteiger charge is -2.03. The number of aromatic nitrogens is 1. The van der Waals surface area contributed by atoms with Gasteiger partial charge in [-0.2, -0.15) is 4.57 Å². The van der Waals surface area contributed by atoms with Crippen molar-refractivity contribution in [2.45, 2.75) is 13.5 Å². The normalized spacial score (nSPS) is 11.5. The fourth-order valence-electron chi connectivity index (χ4n) is 3.27. The van der Waals surface area contributed by atoms with E-state index in [1.165, 1.54) is 24.5 Å². The largest absolute Gasteiger partial charge is 0.463 e. The molecule has 4 aromatic rings. The number of aryl methyl sites for hydroxylation is 1. The Balaban J connectivity index is 1.85. The highest BCUT2D eigenvalue weighted by Crippen LogP contribution is 2.20. The number of non-ortho nitro benzene ring substituents is 1. The molecule has 28 heavy (non-hydrogen) atoms. The van der Waals surface area contributed by atoms with Gasteiger partial charge in [-0.3, -0.25) is 14.9 Å². The first kappa shape index (κ1) is 17.6. The highest BCUT2D eigenvalue weighted by atomic mass is 16.6. The second-order valence-electron chi connectivity index (χ2n) is 6.37. The zero-order chi connectivity index (χ0) is 19.7. The molecule has 0 saturated carbocycles. The molecule has 0 aliphatic rings. The fourth-order valence-corrected chi connectivity index (χ4v) is 3.27. The number of nitro groups is 1. The first-order valence-electron chi connectivity index (χ1n) is 8.87. The molecule has 0 aliphatic carbocycles. The van der Waals surface area contributed by atoms with Crippen molar-refractivity contribution in [1.82, 2.24) is 0 Å². The van der Waals surface area contributed by atoms with E-state index in [9.17, 15) is 14.9 Å². The molecule has 2 aromatic heterocycles. The van der Waals surface area contributed by atoms with E-state index < -0.39 is 4.92 Å².